The van der Waals surface area contributed by atoms with E-state index in [0.717, 1.165) is 25.8 Å². The zero-order valence-electron chi connectivity index (χ0n) is 11.1. The molecule has 0 heterocycles. The highest BCUT2D eigenvalue weighted by atomic mass is 16.1. The highest BCUT2D eigenvalue weighted by Crippen LogP contribution is 2.08. The van der Waals surface area contributed by atoms with Gasteiger partial charge in [-0.1, -0.05) is 6.42 Å². The van der Waals surface area contributed by atoms with E-state index in [0.29, 0.717) is 18.5 Å². The molecule has 0 rings (SSSR count). The molecule has 1 amide bonds. The number of unbranched alkanes of at least 4 members (excludes halogenated alkanes) is 2. The highest BCUT2D eigenvalue weighted by molar-refractivity contribution is 6.14. The zero-order chi connectivity index (χ0) is 12.6. The molecular formula is C12H25BN2O. The lowest BCUT2D eigenvalue weighted by molar-refractivity contribution is -0.119. The Labute approximate surface area is 101 Å². The van der Waals surface area contributed by atoms with Crippen LogP contribution in [0.4, 0.5) is 0 Å². The van der Waals surface area contributed by atoms with Gasteiger partial charge < -0.3 is 5.23 Å². The summed E-state index contributed by atoms with van der Waals surface area (Å²) in [6.45, 7) is 10.0. The van der Waals surface area contributed by atoms with Gasteiger partial charge in [0.15, 0.2) is 0 Å². The summed E-state index contributed by atoms with van der Waals surface area (Å²) in [5, 5.41) is 2.15. The fourth-order valence-electron chi connectivity index (χ4n) is 1.94. The molecule has 4 heteroatoms. The first-order valence-electron chi connectivity index (χ1n) is 6.24. The molecule has 0 aliphatic carbocycles. The molecule has 0 aromatic carbocycles. The Hall–Kier alpha value is -0.505. The van der Waals surface area contributed by atoms with Crippen molar-refractivity contribution in [3.63, 3.8) is 0 Å². The van der Waals surface area contributed by atoms with Crippen LogP contribution in [0.15, 0.2) is 0 Å². The van der Waals surface area contributed by atoms with Gasteiger partial charge in [0.1, 0.15) is 0 Å². The maximum atomic E-state index is 10.9. The van der Waals surface area contributed by atoms with Gasteiger partial charge in [-0.15, -0.1) is 0 Å². The third kappa shape index (κ3) is 6.88. The van der Waals surface area contributed by atoms with E-state index < -0.39 is 0 Å². The number of amides is 1. The van der Waals surface area contributed by atoms with Crippen LogP contribution in [-0.4, -0.2) is 37.4 Å². The molecule has 0 spiro atoms. The molecule has 0 atom stereocenters. The summed E-state index contributed by atoms with van der Waals surface area (Å²) in [7, 11) is 5.01. The van der Waals surface area contributed by atoms with Crippen LogP contribution in [-0.2, 0) is 4.79 Å². The van der Waals surface area contributed by atoms with Crippen molar-refractivity contribution < 1.29 is 4.79 Å². The standard InChI is InChI=1S/C12H25BN2O/c1-10(2)15(11(3)4)9-7-5-6-8-12(16)14-13/h10-11H,5-9H2,1-4H3,(H,14,16). The second-order valence-electron chi connectivity index (χ2n) is 4.80. The predicted molar refractivity (Wildman–Crippen MR) is 69.3 cm³/mol. The predicted octanol–water partition coefficient (Wildman–Crippen LogP) is 1.87. The van der Waals surface area contributed by atoms with Crippen molar-refractivity contribution in [3.05, 3.63) is 0 Å². The van der Waals surface area contributed by atoms with Crippen molar-refractivity contribution >= 4 is 13.9 Å². The lowest BCUT2D eigenvalue weighted by Gasteiger charge is -2.30. The maximum Gasteiger partial charge on any atom is 0.226 e. The molecule has 0 saturated carbocycles. The first-order valence-corrected chi connectivity index (χ1v) is 6.24. The first-order chi connectivity index (χ1) is 7.49. The van der Waals surface area contributed by atoms with Crippen molar-refractivity contribution in [1.29, 1.82) is 0 Å². The summed E-state index contributed by atoms with van der Waals surface area (Å²) in [5.74, 6) is -0.0652. The summed E-state index contributed by atoms with van der Waals surface area (Å²) >= 11 is 0. The number of nitrogens with one attached hydrogen (secondary N) is 1. The van der Waals surface area contributed by atoms with Gasteiger partial charge in [0.25, 0.3) is 0 Å². The Kier molecular flexibility index (Phi) is 8.35. The molecule has 3 nitrogen and oxygen atoms in total. The second-order valence-corrected chi connectivity index (χ2v) is 4.80. The largest absolute Gasteiger partial charge is 0.409 e. The van der Waals surface area contributed by atoms with E-state index in [9.17, 15) is 4.79 Å². The van der Waals surface area contributed by atoms with Crippen LogP contribution >= 0.6 is 0 Å². The van der Waals surface area contributed by atoms with Gasteiger partial charge in [-0.05, 0) is 47.1 Å². The number of hydrogen-bond donors (Lipinski definition) is 1. The number of carbonyl (C=O) groups is 1. The van der Waals surface area contributed by atoms with Crippen LogP contribution in [0.2, 0.25) is 0 Å². The second kappa shape index (κ2) is 8.62. The molecule has 2 radical (unpaired) electrons. The summed E-state index contributed by atoms with van der Waals surface area (Å²) < 4.78 is 0. The molecule has 0 fully saturated rings. The minimum Gasteiger partial charge on any atom is -0.409 e. The van der Waals surface area contributed by atoms with Crippen LogP contribution in [0.3, 0.4) is 0 Å². The van der Waals surface area contributed by atoms with E-state index in [4.69, 9.17) is 7.98 Å². The minimum absolute atomic E-state index is 0.0652. The molecule has 0 aliphatic heterocycles. The Morgan fingerprint density at radius 1 is 1.12 bits per heavy atom. The fourth-order valence-corrected chi connectivity index (χ4v) is 1.94. The Morgan fingerprint density at radius 2 is 1.69 bits per heavy atom. The molecular weight excluding hydrogens is 199 g/mol. The lowest BCUT2D eigenvalue weighted by atomic mass is 10.1. The average Bonchev–Trinajstić information content (AvgIpc) is 2.21. The number of rotatable bonds is 8. The van der Waals surface area contributed by atoms with Crippen molar-refractivity contribution in [2.75, 3.05) is 6.54 Å². The van der Waals surface area contributed by atoms with Crippen LogP contribution in [0, 0.1) is 0 Å². The highest BCUT2D eigenvalue weighted by Gasteiger charge is 2.12. The molecule has 0 saturated heterocycles. The number of nitrogens with zero attached hydrogens (tertiary/aromatic N) is 1. The first kappa shape index (κ1) is 15.5. The van der Waals surface area contributed by atoms with Gasteiger partial charge in [-0.3, -0.25) is 9.69 Å². The van der Waals surface area contributed by atoms with E-state index in [1.807, 2.05) is 0 Å². The topological polar surface area (TPSA) is 32.3 Å². The van der Waals surface area contributed by atoms with Crippen molar-refractivity contribution in [2.45, 2.75) is 65.5 Å². The Bertz CT molecular complexity index is 187. The quantitative estimate of drug-likeness (QED) is 0.504. The van der Waals surface area contributed by atoms with Crippen molar-refractivity contribution in [3.8, 4) is 0 Å². The van der Waals surface area contributed by atoms with Crippen LogP contribution in [0.25, 0.3) is 0 Å². The number of hydrogen-bond acceptors (Lipinski definition) is 2. The Morgan fingerprint density at radius 3 is 2.12 bits per heavy atom. The zero-order valence-corrected chi connectivity index (χ0v) is 11.1. The SMILES string of the molecule is [B]NC(=O)CCCCCN(C(C)C)C(C)C. The Balaban J connectivity index is 3.59. The van der Waals surface area contributed by atoms with Gasteiger partial charge in [0, 0.05) is 18.5 Å². The van der Waals surface area contributed by atoms with Gasteiger partial charge in [0.05, 0.1) is 0 Å². The normalized spacial score (nSPS) is 11.4. The van der Waals surface area contributed by atoms with Crippen LogP contribution in [0.5, 0.6) is 0 Å². The van der Waals surface area contributed by atoms with Crippen LogP contribution in [0.1, 0.15) is 53.4 Å². The molecule has 0 bridgehead atoms. The average molecular weight is 224 g/mol. The van der Waals surface area contributed by atoms with E-state index in [1.165, 1.54) is 0 Å². The molecule has 0 aliphatic rings. The summed E-state index contributed by atoms with van der Waals surface area (Å²) in [5.41, 5.74) is 0. The summed E-state index contributed by atoms with van der Waals surface area (Å²) in [4.78, 5) is 13.4. The lowest BCUT2D eigenvalue weighted by Crippen LogP contribution is -2.37. The smallest absolute Gasteiger partial charge is 0.226 e. The van der Waals surface area contributed by atoms with E-state index in [1.54, 1.807) is 0 Å². The van der Waals surface area contributed by atoms with E-state index in [-0.39, 0.29) is 5.91 Å². The summed E-state index contributed by atoms with van der Waals surface area (Å²) in [6, 6.07) is 1.18. The molecule has 92 valence electrons. The monoisotopic (exact) mass is 224 g/mol. The molecule has 0 aromatic heterocycles. The third-order valence-corrected chi connectivity index (χ3v) is 2.81. The van der Waals surface area contributed by atoms with Gasteiger partial charge in [-0.25, -0.2) is 0 Å². The van der Waals surface area contributed by atoms with E-state index in [2.05, 4.69) is 37.8 Å². The molecule has 0 unspecified atom stereocenters. The van der Waals surface area contributed by atoms with Gasteiger partial charge >= 0.3 is 0 Å². The summed E-state index contributed by atoms with van der Waals surface area (Å²) in [6.07, 6.45) is 3.70. The van der Waals surface area contributed by atoms with Gasteiger partial charge in [-0.2, -0.15) is 0 Å². The maximum absolute atomic E-state index is 10.9. The third-order valence-electron chi connectivity index (χ3n) is 2.81. The molecule has 16 heavy (non-hydrogen) atoms. The number of carbonyl (C=O) groups excluding carboxylic acids is 1. The molecule has 1 N–H and O–H groups in total. The van der Waals surface area contributed by atoms with E-state index >= 15 is 0 Å². The minimum atomic E-state index is -0.0652. The van der Waals surface area contributed by atoms with Crippen molar-refractivity contribution in [2.24, 2.45) is 0 Å². The van der Waals surface area contributed by atoms with Crippen LogP contribution < -0.4 is 5.23 Å². The van der Waals surface area contributed by atoms with Gasteiger partial charge in [0.2, 0.25) is 13.9 Å². The van der Waals surface area contributed by atoms with Crippen molar-refractivity contribution in [1.82, 2.24) is 10.1 Å². The molecule has 0 aromatic rings. The fraction of sp³-hybridized carbons (Fsp3) is 0.917.